The second kappa shape index (κ2) is 5.66. The van der Waals surface area contributed by atoms with Gasteiger partial charge in [0.1, 0.15) is 5.58 Å². The first-order chi connectivity index (χ1) is 10.0. The molecule has 0 aliphatic rings. The van der Waals surface area contributed by atoms with Crippen LogP contribution in [0.3, 0.4) is 0 Å². The third kappa shape index (κ3) is 2.89. The molecule has 5 heteroatoms. The van der Waals surface area contributed by atoms with Gasteiger partial charge in [-0.15, -0.1) is 0 Å². The van der Waals surface area contributed by atoms with Gasteiger partial charge in [0.05, 0.1) is 10.2 Å². The van der Waals surface area contributed by atoms with E-state index in [4.69, 9.17) is 4.42 Å². The standard InChI is InChI=1S/C16H11Br2NO2/c1-9-5-6-13(12(18)7-9)19-16(20)14-8-10-3-2-4-11(17)15(10)21-14/h2-8H,1H3,(H,19,20). The van der Waals surface area contributed by atoms with Crippen molar-refractivity contribution in [1.82, 2.24) is 0 Å². The Morgan fingerprint density at radius 1 is 1.10 bits per heavy atom. The van der Waals surface area contributed by atoms with Gasteiger partial charge < -0.3 is 9.73 Å². The molecule has 1 amide bonds. The number of para-hydroxylation sites is 1. The van der Waals surface area contributed by atoms with Gasteiger partial charge in [0, 0.05) is 9.86 Å². The van der Waals surface area contributed by atoms with Crippen LogP contribution >= 0.6 is 31.9 Å². The average Bonchev–Trinajstić information content (AvgIpc) is 2.87. The Bertz CT molecular complexity index is 839. The van der Waals surface area contributed by atoms with Crippen LogP contribution in [-0.4, -0.2) is 5.91 Å². The van der Waals surface area contributed by atoms with E-state index in [1.165, 1.54) is 0 Å². The molecule has 3 aromatic rings. The average molecular weight is 409 g/mol. The van der Waals surface area contributed by atoms with Crippen molar-refractivity contribution in [2.24, 2.45) is 0 Å². The Balaban J connectivity index is 1.92. The van der Waals surface area contributed by atoms with Crippen LogP contribution in [-0.2, 0) is 0 Å². The summed E-state index contributed by atoms with van der Waals surface area (Å²) in [5.41, 5.74) is 2.50. The van der Waals surface area contributed by atoms with E-state index in [1.54, 1.807) is 6.07 Å². The summed E-state index contributed by atoms with van der Waals surface area (Å²) >= 11 is 6.85. The molecule has 0 bridgehead atoms. The molecule has 0 fully saturated rings. The fourth-order valence-electron chi connectivity index (χ4n) is 2.04. The molecule has 0 saturated heterocycles. The van der Waals surface area contributed by atoms with Crippen LogP contribution in [0, 0.1) is 6.92 Å². The summed E-state index contributed by atoms with van der Waals surface area (Å²) in [5.74, 6) is 0.00651. The first-order valence-corrected chi connectivity index (χ1v) is 7.89. The molecule has 0 unspecified atom stereocenters. The van der Waals surface area contributed by atoms with Crippen molar-refractivity contribution in [3.63, 3.8) is 0 Å². The van der Waals surface area contributed by atoms with Crippen LogP contribution < -0.4 is 5.32 Å². The number of hydrogen-bond donors (Lipinski definition) is 1. The number of halogens is 2. The molecule has 0 radical (unpaired) electrons. The molecule has 0 aliphatic heterocycles. The highest BCUT2D eigenvalue weighted by Gasteiger charge is 2.14. The van der Waals surface area contributed by atoms with Crippen molar-refractivity contribution in [3.05, 3.63) is 62.7 Å². The van der Waals surface area contributed by atoms with Gasteiger partial charge in [0.2, 0.25) is 0 Å². The molecular formula is C16H11Br2NO2. The normalized spacial score (nSPS) is 10.8. The topological polar surface area (TPSA) is 42.2 Å². The Morgan fingerprint density at radius 2 is 1.90 bits per heavy atom. The Labute approximate surface area is 138 Å². The van der Waals surface area contributed by atoms with Crippen LogP contribution in [0.2, 0.25) is 0 Å². The summed E-state index contributed by atoms with van der Waals surface area (Å²) in [4.78, 5) is 12.3. The molecule has 0 spiro atoms. The number of carbonyl (C=O) groups excluding carboxylic acids is 1. The lowest BCUT2D eigenvalue weighted by Crippen LogP contribution is -2.11. The van der Waals surface area contributed by atoms with Gasteiger partial charge in [-0.25, -0.2) is 0 Å². The number of furan rings is 1. The fourth-order valence-corrected chi connectivity index (χ4v) is 3.10. The lowest BCUT2D eigenvalue weighted by atomic mass is 10.2. The summed E-state index contributed by atoms with van der Waals surface area (Å²) in [7, 11) is 0. The molecule has 3 nitrogen and oxygen atoms in total. The van der Waals surface area contributed by atoms with Crippen molar-refractivity contribution in [1.29, 1.82) is 0 Å². The highest BCUT2D eigenvalue weighted by molar-refractivity contribution is 9.11. The second-order valence-electron chi connectivity index (χ2n) is 4.71. The highest BCUT2D eigenvalue weighted by atomic mass is 79.9. The zero-order valence-electron chi connectivity index (χ0n) is 11.1. The number of rotatable bonds is 2. The van der Waals surface area contributed by atoms with E-state index in [2.05, 4.69) is 37.2 Å². The highest BCUT2D eigenvalue weighted by Crippen LogP contribution is 2.28. The minimum Gasteiger partial charge on any atom is -0.450 e. The molecule has 0 saturated carbocycles. The number of aryl methyl sites for hydroxylation is 1. The van der Waals surface area contributed by atoms with Gasteiger partial charge >= 0.3 is 0 Å². The minimum atomic E-state index is -0.275. The predicted octanol–water partition coefficient (Wildman–Crippen LogP) is 5.52. The van der Waals surface area contributed by atoms with E-state index in [1.807, 2.05) is 43.3 Å². The molecule has 3 rings (SSSR count). The maximum atomic E-state index is 12.3. The number of anilines is 1. The monoisotopic (exact) mass is 407 g/mol. The van der Waals surface area contributed by atoms with E-state index in [0.717, 1.165) is 19.9 Å². The maximum absolute atomic E-state index is 12.3. The van der Waals surface area contributed by atoms with Crippen molar-refractivity contribution in [2.75, 3.05) is 5.32 Å². The van der Waals surface area contributed by atoms with Crippen LogP contribution in [0.25, 0.3) is 11.0 Å². The molecule has 106 valence electrons. The SMILES string of the molecule is Cc1ccc(NC(=O)c2cc3cccc(Br)c3o2)c(Br)c1. The minimum absolute atomic E-state index is 0.275. The zero-order valence-corrected chi connectivity index (χ0v) is 14.3. The van der Waals surface area contributed by atoms with Gasteiger partial charge in [0.15, 0.2) is 5.76 Å². The van der Waals surface area contributed by atoms with E-state index in [-0.39, 0.29) is 11.7 Å². The first kappa shape index (κ1) is 14.4. The number of nitrogens with one attached hydrogen (secondary N) is 1. The molecule has 1 heterocycles. The Hall–Kier alpha value is -1.59. The quantitative estimate of drug-likeness (QED) is 0.606. The zero-order chi connectivity index (χ0) is 15.0. The van der Waals surface area contributed by atoms with Crippen LogP contribution in [0.4, 0.5) is 5.69 Å². The van der Waals surface area contributed by atoms with E-state index >= 15 is 0 Å². The van der Waals surface area contributed by atoms with Gasteiger partial charge in [-0.3, -0.25) is 4.79 Å². The van der Waals surface area contributed by atoms with Crippen LogP contribution in [0.15, 0.2) is 55.8 Å². The summed E-state index contributed by atoms with van der Waals surface area (Å²) in [6.45, 7) is 1.99. The van der Waals surface area contributed by atoms with Gasteiger partial charge in [-0.2, -0.15) is 0 Å². The van der Waals surface area contributed by atoms with E-state index in [0.29, 0.717) is 11.3 Å². The smallest absolute Gasteiger partial charge is 0.291 e. The van der Waals surface area contributed by atoms with Crippen LogP contribution in [0.1, 0.15) is 16.1 Å². The van der Waals surface area contributed by atoms with E-state index in [9.17, 15) is 4.79 Å². The third-order valence-corrected chi connectivity index (χ3v) is 4.37. The third-order valence-electron chi connectivity index (χ3n) is 3.09. The molecule has 21 heavy (non-hydrogen) atoms. The summed E-state index contributed by atoms with van der Waals surface area (Å²) in [6.07, 6.45) is 0. The van der Waals surface area contributed by atoms with Crippen molar-refractivity contribution in [2.45, 2.75) is 6.92 Å². The van der Waals surface area contributed by atoms with Crippen LogP contribution in [0.5, 0.6) is 0 Å². The number of benzene rings is 2. The van der Waals surface area contributed by atoms with E-state index < -0.39 is 0 Å². The van der Waals surface area contributed by atoms with Gasteiger partial charge in [0.25, 0.3) is 5.91 Å². The van der Waals surface area contributed by atoms with Crippen molar-refractivity contribution < 1.29 is 9.21 Å². The largest absolute Gasteiger partial charge is 0.450 e. The molecule has 0 aliphatic carbocycles. The predicted molar refractivity (Wildman–Crippen MR) is 90.7 cm³/mol. The summed E-state index contributed by atoms with van der Waals surface area (Å²) in [6, 6.07) is 13.2. The number of hydrogen-bond acceptors (Lipinski definition) is 2. The number of fused-ring (bicyclic) bond motifs is 1. The summed E-state index contributed by atoms with van der Waals surface area (Å²) < 4.78 is 7.29. The molecular weight excluding hydrogens is 398 g/mol. The second-order valence-corrected chi connectivity index (χ2v) is 6.41. The number of carbonyl (C=O) groups is 1. The fraction of sp³-hybridized carbons (Fsp3) is 0.0625. The van der Waals surface area contributed by atoms with Crippen molar-refractivity contribution >= 4 is 54.4 Å². The molecule has 0 atom stereocenters. The Morgan fingerprint density at radius 3 is 2.62 bits per heavy atom. The number of amides is 1. The lowest BCUT2D eigenvalue weighted by molar-refractivity contribution is 0.0998. The van der Waals surface area contributed by atoms with Crippen molar-refractivity contribution in [3.8, 4) is 0 Å². The molecule has 2 aromatic carbocycles. The molecule has 1 N–H and O–H groups in total. The van der Waals surface area contributed by atoms with Gasteiger partial charge in [-0.05, 0) is 68.6 Å². The lowest BCUT2D eigenvalue weighted by Gasteiger charge is -2.06. The Kier molecular flexibility index (Phi) is 3.87. The first-order valence-electron chi connectivity index (χ1n) is 6.30. The maximum Gasteiger partial charge on any atom is 0.291 e. The van der Waals surface area contributed by atoms with Gasteiger partial charge in [-0.1, -0.05) is 18.2 Å². The summed E-state index contributed by atoms with van der Waals surface area (Å²) in [5, 5.41) is 3.73. The molecule has 1 aromatic heterocycles.